The van der Waals surface area contributed by atoms with Crippen molar-refractivity contribution in [3.8, 4) is 29.9 Å². The maximum absolute atomic E-state index is 13.9. The highest BCUT2D eigenvalue weighted by atomic mass is 35.5. The molecule has 0 saturated carbocycles. The molecule has 0 N–H and O–H groups in total. The van der Waals surface area contributed by atoms with Crippen LogP contribution in [0.1, 0.15) is 18.1 Å². The van der Waals surface area contributed by atoms with Crippen LogP contribution in [0, 0.1) is 29.5 Å². The van der Waals surface area contributed by atoms with Gasteiger partial charge in [0.25, 0.3) is 0 Å². The second-order valence-corrected chi connectivity index (χ2v) is 5.31. The molecule has 0 atom stereocenters. The molecule has 2 aromatic rings. The zero-order chi connectivity index (χ0) is 18.2. The first-order valence-corrected chi connectivity index (χ1v) is 7.87. The molecule has 0 radical (unpaired) electrons. The van der Waals surface area contributed by atoms with Crippen LogP contribution in [-0.4, -0.2) is 13.2 Å². The van der Waals surface area contributed by atoms with E-state index in [2.05, 4.69) is 5.92 Å². The van der Waals surface area contributed by atoms with E-state index < -0.39 is 5.82 Å². The number of hydrogen-bond acceptors (Lipinski definition) is 3. The highest BCUT2D eigenvalue weighted by Gasteiger charge is 2.13. The normalized spacial score (nSPS) is 10.7. The van der Waals surface area contributed by atoms with Crippen molar-refractivity contribution >= 4 is 23.3 Å². The number of allylic oxidation sites excluding steroid dienone is 1. The average molecular weight is 356 g/mol. The number of hydrogen-bond donors (Lipinski definition) is 0. The molecule has 0 amide bonds. The van der Waals surface area contributed by atoms with E-state index in [1.165, 1.54) is 12.1 Å². The maximum Gasteiger partial charge on any atom is 0.181 e. The number of ether oxygens (including phenoxy) is 2. The Kier molecular flexibility index (Phi) is 6.46. The fourth-order valence-electron chi connectivity index (χ4n) is 2.20. The number of nitriles is 1. The summed E-state index contributed by atoms with van der Waals surface area (Å²) in [5, 5.41) is 9.67. The fraction of sp³-hybridized carbons (Fsp3) is 0.150. The first kappa shape index (κ1) is 18.4. The predicted octanol–water partition coefficient (Wildman–Crippen LogP) is 4.95. The zero-order valence-corrected chi connectivity index (χ0v) is 14.3. The molecule has 0 spiro atoms. The molecule has 0 heterocycles. The highest BCUT2D eigenvalue weighted by Crippen LogP contribution is 2.37. The van der Waals surface area contributed by atoms with E-state index in [-0.39, 0.29) is 17.7 Å². The number of rotatable bonds is 6. The molecule has 2 aromatic carbocycles. The summed E-state index contributed by atoms with van der Waals surface area (Å²) in [7, 11) is 0. The van der Waals surface area contributed by atoms with Crippen LogP contribution >= 0.6 is 11.6 Å². The smallest absolute Gasteiger partial charge is 0.181 e. The predicted molar refractivity (Wildman–Crippen MR) is 96.8 cm³/mol. The third-order valence-electron chi connectivity index (χ3n) is 3.23. The van der Waals surface area contributed by atoms with E-state index in [1.807, 2.05) is 13.0 Å². The second kappa shape index (κ2) is 8.78. The lowest BCUT2D eigenvalue weighted by atomic mass is 10.0. The van der Waals surface area contributed by atoms with E-state index in [0.717, 1.165) is 0 Å². The third kappa shape index (κ3) is 4.53. The minimum absolute atomic E-state index is 0.0493. The summed E-state index contributed by atoms with van der Waals surface area (Å²) in [6.45, 7) is 2.27. The highest BCUT2D eigenvalue weighted by molar-refractivity contribution is 6.32. The van der Waals surface area contributed by atoms with Crippen molar-refractivity contribution in [3.63, 3.8) is 0 Å². The fourth-order valence-corrected chi connectivity index (χ4v) is 2.48. The van der Waals surface area contributed by atoms with Gasteiger partial charge in [-0.2, -0.15) is 5.26 Å². The van der Waals surface area contributed by atoms with Gasteiger partial charge in [0, 0.05) is 5.56 Å². The topological polar surface area (TPSA) is 42.2 Å². The molecule has 0 unspecified atom stereocenters. The van der Waals surface area contributed by atoms with Crippen molar-refractivity contribution in [1.82, 2.24) is 0 Å². The van der Waals surface area contributed by atoms with Gasteiger partial charge in [-0.3, -0.25) is 0 Å². The average Bonchev–Trinajstić information content (AvgIpc) is 2.60. The van der Waals surface area contributed by atoms with Gasteiger partial charge in [-0.05, 0) is 36.8 Å². The quantitative estimate of drug-likeness (QED) is 0.418. The Morgan fingerprint density at radius 1 is 1.32 bits per heavy atom. The van der Waals surface area contributed by atoms with Crippen molar-refractivity contribution < 1.29 is 13.9 Å². The first-order valence-electron chi connectivity index (χ1n) is 7.50. The second-order valence-electron chi connectivity index (χ2n) is 4.91. The van der Waals surface area contributed by atoms with Crippen LogP contribution in [0.15, 0.2) is 36.4 Å². The summed E-state index contributed by atoms with van der Waals surface area (Å²) in [4.78, 5) is 0. The lowest BCUT2D eigenvalue weighted by Crippen LogP contribution is -2.00. The van der Waals surface area contributed by atoms with Gasteiger partial charge in [-0.15, -0.1) is 6.42 Å². The van der Waals surface area contributed by atoms with Gasteiger partial charge >= 0.3 is 0 Å². The molecule has 0 aromatic heterocycles. The van der Waals surface area contributed by atoms with E-state index in [0.29, 0.717) is 28.7 Å². The molecular formula is C20H15ClFNO2. The Labute approximate surface area is 151 Å². The largest absolute Gasteiger partial charge is 0.490 e. The van der Waals surface area contributed by atoms with Crippen LogP contribution in [0.2, 0.25) is 5.02 Å². The summed E-state index contributed by atoms with van der Waals surface area (Å²) in [6, 6.07) is 11.4. The van der Waals surface area contributed by atoms with Crippen molar-refractivity contribution in [2.24, 2.45) is 0 Å². The van der Waals surface area contributed by atoms with Crippen LogP contribution in [-0.2, 0) is 0 Å². The Balaban J connectivity index is 2.50. The third-order valence-corrected chi connectivity index (χ3v) is 3.51. The van der Waals surface area contributed by atoms with E-state index in [9.17, 15) is 9.65 Å². The molecule has 0 aliphatic carbocycles. The Morgan fingerprint density at radius 3 is 2.72 bits per heavy atom. The van der Waals surface area contributed by atoms with E-state index in [1.54, 1.807) is 30.3 Å². The standard InChI is InChI=1S/C20H15ClFNO2/c1-3-9-25-20-17(21)11-14(12-19(20)24-4-2)10-15(13-23)16-7-5-6-8-18(16)22/h1,5-8,10-12H,4,9H2,2H3/b15-10-. The molecular weight excluding hydrogens is 341 g/mol. The Bertz CT molecular complexity index is 878. The van der Waals surface area contributed by atoms with Gasteiger partial charge in [0.05, 0.1) is 23.3 Å². The maximum atomic E-state index is 13.9. The number of halogens is 2. The van der Waals surface area contributed by atoms with Crippen LogP contribution < -0.4 is 9.47 Å². The molecule has 0 saturated heterocycles. The zero-order valence-electron chi connectivity index (χ0n) is 13.6. The molecule has 0 bridgehead atoms. The summed E-state index contributed by atoms with van der Waals surface area (Å²) in [6.07, 6.45) is 6.74. The molecule has 5 heteroatoms. The van der Waals surface area contributed by atoms with Crippen LogP contribution in [0.3, 0.4) is 0 Å². The lowest BCUT2D eigenvalue weighted by molar-refractivity contribution is 0.299. The van der Waals surface area contributed by atoms with Crippen molar-refractivity contribution in [2.75, 3.05) is 13.2 Å². The van der Waals surface area contributed by atoms with Gasteiger partial charge in [0.2, 0.25) is 0 Å². The minimum Gasteiger partial charge on any atom is -0.490 e. The summed E-state index contributed by atoms with van der Waals surface area (Å²) in [5.74, 6) is 2.63. The molecule has 0 aliphatic heterocycles. The molecule has 0 aliphatic rings. The van der Waals surface area contributed by atoms with E-state index >= 15 is 0 Å². The molecule has 2 rings (SSSR count). The van der Waals surface area contributed by atoms with Crippen LogP contribution in [0.25, 0.3) is 11.6 Å². The van der Waals surface area contributed by atoms with Crippen LogP contribution in [0.4, 0.5) is 4.39 Å². The van der Waals surface area contributed by atoms with E-state index in [4.69, 9.17) is 27.5 Å². The van der Waals surface area contributed by atoms with Crippen LogP contribution in [0.5, 0.6) is 11.5 Å². The first-order chi connectivity index (χ1) is 12.1. The molecule has 3 nitrogen and oxygen atoms in total. The van der Waals surface area contributed by atoms with Gasteiger partial charge in [-0.1, -0.05) is 35.7 Å². The van der Waals surface area contributed by atoms with Crippen molar-refractivity contribution in [2.45, 2.75) is 6.92 Å². The SMILES string of the molecule is C#CCOc1c(Cl)cc(/C=C(/C#N)c2ccccc2F)cc1OCC. The van der Waals surface area contributed by atoms with Gasteiger partial charge < -0.3 is 9.47 Å². The number of benzene rings is 2. The monoisotopic (exact) mass is 355 g/mol. The molecule has 0 fully saturated rings. The van der Waals surface area contributed by atoms with Crippen molar-refractivity contribution in [1.29, 1.82) is 5.26 Å². The summed E-state index contributed by atoms with van der Waals surface area (Å²) in [5.41, 5.74) is 0.974. The summed E-state index contributed by atoms with van der Waals surface area (Å²) < 4.78 is 24.9. The minimum atomic E-state index is -0.472. The molecule has 126 valence electrons. The number of terminal acetylenes is 1. The number of nitrogens with zero attached hydrogens (tertiary/aromatic N) is 1. The van der Waals surface area contributed by atoms with Gasteiger partial charge in [0.15, 0.2) is 11.5 Å². The lowest BCUT2D eigenvalue weighted by Gasteiger charge is -2.13. The summed E-state index contributed by atoms with van der Waals surface area (Å²) >= 11 is 6.25. The van der Waals surface area contributed by atoms with Gasteiger partial charge in [-0.25, -0.2) is 4.39 Å². The van der Waals surface area contributed by atoms with Gasteiger partial charge in [0.1, 0.15) is 12.4 Å². The Morgan fingerprint density at radius 2 is 2.08 bits per heavy atom. The van der Waals surface area contributed by atoms with Crippen molar-refractivity contribution in [3.05, 3.63) is 58.4 Å². The Hall–Kier alpha value is -2.95. The molecule has 25 heavy (non-hydrogen) atoms.